The second-order valence-electron chi connectivity index (χ2n) is 10.4. The van der Waals surface area contributed by atoms with Crippen molar-refractivity contribution < 1.29 is 22.5 Å². The van der Waals surface area contributed by atoms with Crippen molar-refractivity contribution in [3.05, 3.63) is 54.5 Å². The van der Waals surface area contributed by atoms with Gasteiger partial charge in [-0.25, -0.2) is 14.3 Å². The summed E-state index contributed by atoms with van der Waals surface area (Å²) >= 11 is 0. The summed E-state index contributed by atoms with van der Waals surface area (Å²) in [6, 6.07) is 8.93. The fraction of sp³-hybridized carbons (Fsp3) is 0.320. The second kappa shape index (κ2) is 8.40. The van der Waals surface area contributed by atoms with E-state index in [1.807, 2.05) is 33.3 Å². The van der Waals surface area contributed by atoms with Gasteiger partial charge in [0.25, 0.3) is 10.1 Å². The molecule has 3 heterocycles. The van der Waals surface area contributed by atoms with Gasteiger partial charge in [-0.15, -0.1) is 0 Å². The van der Waals surface area contributed by atoms with Crippen LogP contribution in [0.4, 0.5) is 10.6 Å². The van der Waals surface area contributed by atoms with Crippen molar-refractivity contribution in [3.63, 3.8) is 0 Å². The lowest BCUT2D eigenvalue weighted by molar-refractivity contribution is 0.0551. The molecule has 0 atom stereocenters. The number of fused-ring (bicyclic) bond motifs is 3. The predicted molar refractivity (Wildman–Crippen MR) is 137 cm³/mol. The van der Waals surface area contributed by atoms with Crippen LogP contribution in [0.2, 0.25) is 0 Å². The molecule has 0 fully saturated rings. The maximum Gasteiger partial charge on any atom is 0.419 e. The third-order valence-electron chi connectivity index (χ3n) is 5.46. The lowest BCUT2D eigenvalue weighted by atomic mass is 10.0. The van der Waals surface area contributed by atoms with Crippen LogP contribution in [0.25, 0.3) is 32.9 Å². The largest absolute Gasteiger partial charge is 0.443 e. The Bertz CT molecular complexity index is 1560. The van der Waals surface area contributed by atoms with Crippen molar-refractivity contribution in [2.45, 2.75) is 32.1 Å². The van der Waals surface area contributed by atoms with Gasteiger partial charge in [-0.3, -0.25) is 14.0 Å². The van der Waals surface area contributed by atoms with Crippen LogP contribution in [0.15, 0.2) is 48.9 Å². The standard InChI is InChI=1S/C25H28N4O5S/c1-25(2,3)34-24(30)28-21-9-10-26-13-20(21)18-8-7-16(11-22(18)28)19-14-27-23(29(4,5)6)12-17(19)15-35(31,32)33/h7-14H,15H2,1-6H3/p+1. The van der Waals surface area contributed by atoms with Crippen molar-refractivity contribution in [3.8, 4) is 11.1 Å². The van der Waals surface area contributed by atoms with E-state index in [1.165, 1.54) is 4.57 Å². The molecule has 0 radical (unpaired) electrons. The summed E-state index contributed by atoms with van der Waals surface area (Å²) in [5.41, 5.74) is 2.15. The van der Waals surface area contributed by atoms with Gasteiger partial charge in [0.15, 0.2) is 0 Å². The summed E-state index contributed by atoms with van der Waals surface area (Å²) in [5, 5.41) is 1.59. The topological polar surface area (TPSA) is 111 Å². The Morgan fingerprint density at radius 2 is 1.77 bits per heavy atom. The molecule has 10 heteroatoms. The number of nitrogens with zero attached hydrogens (tertiary/aromatic N) is 4. The summed E-state index contributed by atoms with van der Waals surface area (Å²) in [5.74, 6) is 0.0805. The molecule has 0 unspecified atom stereocenters. The first-order valence-corrected chi connectivity index (χ1v) is 12.6. The summed E-state index contributed by atoms with van der Waals surface area (Å²) in [4.78, 5) is 21.9. The second-order valence-corrected chi connectivity index (χ2v) is 11.8. The minimum absolute atomic E-state index is 0.373. The van der Waals surface area contributed by atoms with Crippen molar-refractivity contribution in [1.82, 2.24) is 19.0 Å². The Kier molecular flexibility index (Phi) is 5.95. The van der Waals surface area contributed by atoms with E-state index in [0.717, 1.165) is 10.8 Å². The number of carbonyl (C=O) groups is 1. The third kappa shape index (κ3) is 5.19. The molecule has 184 valence electrons. The van der Waals surface area contributed by atoms with Crippen LogP contribution >= 0.6 is 0 Å². The molecule has 0 bridgehead atoms. The van der Waals surface area contributed by atoms with Crippen LogP contribution in [0, 0.1) is 0 Å². The first kappa shape index (κ1) is 24.8. The Morgan fingerprint density at radius 3 is 2.40 bits per heavy atom. The zero-order valence-corrected chi connectivity index (χ0v) is 21.4. The molecule has 0 aliphatic rings. The van der Waals surface area contributed by atoms with E-state index in [1.54, 1.807) is 57.6 Å². The normalized spacial score (nSPS) is 12.9. The molecule has 0 aliphatic carbocycles. The Hall–Kier alpha value is -3.34. The van der Waals surface area contributed by atoms with Crippen molar-refractivity contribution in [2.24, 2.45) is 0 Å². The van der Waals surface area contributed by atoms with Gasteiger partial charge in [-0.1, -0.05) is 12.1 Å². The van der Waals surface area contributed by atoms with Crippen LogP contribution in [0.3, 0.4) is 0 Å². The highest BCUT2D eigenvalue weighted by Gasteiger charge is 2.24. The molecule has 4 aromatic rings. The van der Waals surface area contributed by atoms with Gasteiger partial charge in [0.2, 0.25) is 5.82 Å². The number of pyridine rings is 2. The van der Waals surface area contributed by atoms with Gasteiger partial charge in [0, 0.05) is 41.0 Å². The smallest absolute Gasteiger partial charge is 0.419 e. The van der Waals surface area contributed by atoms with E-state index < -0.39 is 27.6 Å². The Balaban J connectivity index is 1.97. The first-order valence-electron chi connectivity index (χ1n) is 11.0. The summed E-state index contributed by atoms with van der Waals surface area (Å²) in [6.07, 6.45) is 4.38. The zero-order chi connectivity index (χ0) is 25.8. The van der Waals surface area contributed by atoms with Crippen LogP contribution in [-0.4, -0.2) is 60.3 Å². The van der Waals surface area contributed by atoms with E-state index in [0.29, 0.717) is 38.0 Å². The molecule has 1 N–H and O–H groups in total. The number of hydrogen-bond acceptors (Lipinski definition) is 6. The molecule has 0 saturated carbocycles. The Morgan fingerprint density at radius 1 is 1.06 bits per heavy atom. The molecule has 0 saturated heterocycles. The van der Waals surface area contributed by atoms with Gasteiger partial charge in [0.1, 0.15) is 11.4 Å². The number of quaternary nitrogens is 1. The van der Waals surface area contributed by atoms with Crippen molar-refractivity contribution in [2.75, 3.05) is 21.1 Å². The molecule has 0 aliphatic heterocycles. The number of carbonyl (C=O) groups excluding carboxylic acids is 1. The highest BCUT2D eigenvalue weighted by molar-refractivity contribution is 7.85. The molecule has 35 heavy (non-hydrogen) atoms. The van der Waals surface area contributed by atoms with Gasteiger partial charge < -0.3 is 4.74 Å². The third-order valence-corrected chi connectivity index (χ3v) is 6.13. The molecule has 0 amide bonds. The highest BCUT2D eigenvalue weighted by atomic mass is 32.2. The van der Waals surface area contributed by atoms with Gasteiger partial charge in [0.05, 0.1) is 32.2 Å². The van der Waals surface area contributed by atoms with Gasteiger partial charge >= 0.3 is 6.09 Å². The van der Waals surface area contributed by atoms with E-state index in [9.17, 15) is 17.8 Å². The first-order chi connectivity index (χ1) is 16.1. The molecule has 4 rings (SSSR count). The van der Waals surface area contributed by atoms with Gasteiger partial charge in [-0.2, -0.15) is 8.42 Å². The van der Waals surface area contributed by atoms with Crippen LogP contribution < -0.4 is 4.48 Å². The monoisotopic (exact) mass is 497 g/mol. The zero-order valence-electron chi connectivity index (χ0n) is 20.6. The minimum Gasteiger partial charge on any atom is -0.443 e. The number of benzene rings is 1. The summed E-state index contributed by atoms with van der Waals surface area (Å²) in [6.45, 7) is 5.40. The summed E-state index contributed by atoms with van der Waals surface area (Å²) < 4.78 is 40.8. The lowest BCUT2D eigenvalue weighted by Gasteiger charge is -2.23. The van der Waals surface area contributed by atoms with E-state index in [2.05, 4.69) is 9.97 Å². The van der Waals surface area contributed by atoms with Crippen LogP contribution in [0.5, 0.6) is 0 Å². The molecule has 3 aromatic heterocycles. The number of aromatic nitrogens is 3. The fourth-order valence-corrected chi connectivity index (χ4v) is 4.59. The fourth-order valence-electron chi connectivity index (χ4n) is 3.96. The number of hydrogen-bond donors (Lipinski definition) is 1. The van der Waals surface area contributed by atoms with Crippen LogP contribution in [-0.2, 0) is 20.6 Å². The molecule has 9 nitrogen and oxygen atoms in total. The molecule has 0 spiro atoms. The van der Waals surface area contributed by atoms with Crippen molar-refractivity contribution >= 4 is 43.8 Å². The highest BCUT2D eigenvalue weighted by Crippen LogP contribution is 2.35. The van der Waals surface area contributed by atoms with Gasteiger partial charge in [-0.05, 0) is 44.0 Å². The Labute approximate surface area is 204 Å². The lowest BCUT2D eigenvalue weighted by Crippen LogP contribution is -2.35. The average molecular weight is 498 g/mol. The number of rotatable bonds is 4. The van der Waals surface area contributed by atoms with E-state index in [4.69, 9.17) is 4.74 Å². The minimum atomic E-state index is -4.30. The predicted octanol–water partition coefficient (Wildman–Crippen LogP) is 4.62. The SMILES string of the molecule is CC(C)(C)OC(=O)n1c2ccncc2c2ccc(-c3cnc([N+](C)(C)C)cc3CS(=O)(=O)O)cc21. The maximum absolute atomic E-state index is 13.2. The average Bonchev–Trinajstić information content (AvgIpc) is 3.04. The maximum atomic E-state index is 13.2. The van der Waals surface area contributed by atoms with Crippen LogP contribution in [0.1, 0.15) is 26.3 Å². The number of ether oxygens (including phenoxy) is 1. The van der Waals surface area contributed by atoms with E-state index in [-0.39, 0.29) is 0 Å². The van der Waals surface area contributed by atoms with Crippen molar-refractivity contribution in [1.29, 1.82) is 0 Å². The summed E-state index contributed by atoms with van der Waals surface area (Å²) in [7, 11) is 1.45. The quantitative estimate of drug-likeness (QED) is 0.323. The molecule has 1 aromatic carbocycles. The van der Waals surface area contributed by atoms with E-state index >= 15 is 0 Å². The molecular formula is C25H29N4O5S+. The molecular weight excluding hydrogens is 468 g/mol.